The Labute approximate surface area is 104 Å². The number of anilines is 1. The Hall–Kier alpha value is -2.77. The molecule has 0 saturated heterocycles. The van der Waals surface area contributed by atoms with Gasteiger partial charge in [-0.3, -0.25) is 5.32 Å². The number of amides is 1. The van der Waals surface area contributed by atoms with E-state index in [0.717, 1.165) is 12.1 Å². The Morgan fingerprint density at radius 1 is 1.21 bits per heavy atom. The molecular weight excluding hydrogens is 264 g/mol. The van der Waals surface area contributed by atoms with Crippen molar-refractivity contribution < 1.29 is 33.3 Å². The summed E-state index contributed by atoms with van der Waals surface area (Å²) in [5, 5.41) is 29.1. The van der Waals surface area contributed by atoms with Gasteiger partial charge in [-0.05, 0) is 12.1 Å². The lowest BCUT2D eigenvalue weighted by molar-refractivity contribution is 0.209. The van der Waals surface area contributed by atoms with Crippen molar-refractivity contribution >= 4 is 12.0 Å². The van der Waals surface area contributed by atoms with Crippen LogP contribution < -0.4 is 5.32 Å². The molecule has 1 aromatic heterocycles. The number of hydrogen-bond donors (Lipinski definition) is 4. The second-order valence-corrected chi connectivity index (χ2v) is 3.51. The van der Waals surface area contributed by atoms with Crippen LogP contribution in [0.25, 0.3) is 11.3 Å². The highest BCUT2D eigenvalue weighted by atomic mass is 19.1. The van der Waals surface area contributed by atoms with E-state index in [4.69, 9.17) is 9.52 Å². The van der Waals surface area contributed by atoms with Crippen molar-refractivity contribution in [2.45, 2.75) is 0 Å². The number of halogens is 2. The van der Waals surface area contributed by atoms with Crippen molar-refractivity contribution in [3.63, 3.8) is 0 Å². The van der Waals surface area contributed by atoms with Crippen LogP contribution in [-0.2, 0) is 0 Å². The lowest BCUT2D eigenvalue weighted by atomic mass is 10.1. The Morgan fingerprint density at radius 2 is 1.89 bits per heavy atom. The summed E-state index contributed by atoms with van der Waals surface area (Å²) in [4.78, 5) is 10.4. The first-order chi connectivity index (χ1) is 8.90. The number of carbonyl (C=O) groups is 1. The number of furan rings is 1. The van der Waals surface area contributed by atoms with E-state index in [0.29, 0.717) is 6.07 Å². The molecule has 100 valence electrons. The third-order valence-corrected chi connectivity index (χ3v) is 2.25. The molecule has 0 spiro atoms. The van der Waals surface area contributed by atoms with Crippen LogP contribution in [0.5, 0.6) is 11.5 Å². The van der Waals surface area contributed by atoms with Crippen LogP contribution in [0.2, 0.25) is 0 Å². The van der Waals surface area contributed by atoms with Crippen LogP contribution in [0.1, 0.15) is 0 Å². The molecular formula is C11H7F2NO5. The molecule has 0 fully saturated rings. The van der Waals surface area contributed by atoms with Crippen molar-refractivity contribution in [3.8, 4) is 22.8 Å². The second-order valence-electron chi connectivity index (χ2n) is 3.51. The Bertz CT molecular complexity index is 653. The largest absolute Gasteiger partial charge is 0.502 e. The van der Waals surface area contributed by atoms with Crippen LogP contribution in [0.4, 0.5) is 19.5 Å². The standard InChI is InChI=1S/C11H7F2NO5/c12-4-1-2-5(6(13)3-4)9-7(15)8(16)10(19-9)14-11(17)18/h1-3,14-16H,(H,17,18). The zero-order chi connectivity index (χ0) is 14.2. The molecule has 0 aliphatic heterocycles. The Balaban J connectivity index is 2.53. The quantitative estimate of drug-likeness (QED) is 0.672. The van der Waals surface area contributed by atoms with Gasteiger partial charge < -0.3 is 19.7 Å². The normalized spacial score (nSPS) is 10.4. The zero-order valence-electron chi connectivity index (χ0n) is 9.15. The zero-order valence-corrected chi connectivity index (χ0v) is 9.15. The first kappa shape index (κ1) is 12.7. The van der Waals surface area contributed by atoms with E-state index in [1.54, 1.807) is 5.32 Å². The minimum Gasteiger partial charge on any atom is -0.502 e. The van der Waals surface area contributed by atoms with Crippen LogP contribution in [-0.4, -0.2) is 21.4 Å². The third-order valence-electron chi connectivity index (χ3n) is 2.25. The molecule has 4 N–H and O–H groups in total. The summed E-state index contributed by atoms with van der Waals surface area (Å²) in [5.41, 5.74) is -0.326. The molecule has 0 aliphatic rings. The fraction of sp³-hybridized carbons (Fsp3) is 0. The number of hydrogen-bond acceptors (Lipinski definition) is 4. The maximum absolute atomic E-state index is 13.5. The maximum atomic E-state index is 13.5. The summed E-state index contributed by atoms with van der Waals surface area (Å²) in [5.74, 6) is -4.79. The lowest BCUT2D eigenvalue weighted by Gasteiger charge is -2.00. The first-order valence-corrected chi connectivity index (χ1v) is 4.90. The van der Waals surface area contributed by atoms with Gasteiger partial charge in [0.2, 0.25) is 17.4 Å². The molecule has 1 amide bonds. The van der Waals surface area contributed by atoms with E-state index in [2.05, 4.69) is 0 Å². The molecule has 6 nitrogen and oxygen atoms in total. The van der Waals surface area contributed by atoms with E-state index >= 15 is 0 Å². The number of carboxylic acid groups (broad SMARTS) is 1. The third kappa shape index (κ3) is 2.28. The van der Waals surface area contributed by atoms with Crippen molar-refractivity contribution in [1.29, 1.82) is 0 Å². The fourth-order valence-corrected chi connectivity index (χ4v) is 1.45. The van der Waals surface area contributed by atoms with Crippen molar-refractivity contribution in [3.05, 3.63) is 29.8 Å². The molecule has 8 heteroatoms. The summed E-state index contributed by atoms with van der Waals surface area (Å²) < 4.78 is 31.0. The molecule has 0 saturated carbocycles. The predicted octanol–water partition coefficient (Wildman–Crippen LogP) is 2.73. The van der Waals surface area contributed by atoms with Gasteiger partial charge in [-0.1, -0.05) is 0 Å². The van der Waals surface area contributed by atoms with Gasteiger partial charge in [0.1, 0.15) is 11.6 Å². The van der Waals surface area contributed by atoms with Gasteiger partial charge in [-0.25, -0.2) is 13.6 Å². The van der Waals surface area contributed by atoms with E-state index < -0.39 is 40.9 Å². The average molecular weight is 271 g/mol. The molecule has 1 aromatic carbocycles. The first-order valence-electron chi connectivity index (χ1n) is 4.90. The van der Waals surface area contributed by atoms with E-state index in [1.807, 2.05) is 0 Å². The molecule has 0 bridgehead atoms. The van der Waals surface area contributed by atoms with Gasteiger partial charge in [-0.2, -0.15) is 0 Å². The van der Waals surface area contributed by atoms with Crippen LogP contribution in [0.3, 0.4) is 0 Å². The SMILES string of the molecule is O=C(O)Nc1oc(-c2ccc(F)cc2F)c(O)c1O. The van der Waals surface area contributed by atoms with Gasteiger partial charge in [0.25, 0.3) is 0 Å². The smallest absolute Gasteiger partial charge is 0.411 e. The fourth-order valence-electron chi connectivity index (χ4n) is 1.45. The summed E-state index contributed by atoms with van der Waals surface area (Å²) >= 11 is 0. The van der Waals surface area contributed by atoms with Gasteiger partial charge in [0.05, 0.1) is 5.56 Å². The molecule has 19 heavy (non-hydrogen) atoms. The lowest BCUT2D eigenvalue weighted by Crippen LogP contribution is -2.06. The van der Waals surface area contributed by atoms with Crippen molar-refractivity contribution in [2.24, 2.45) is 0 Å². The number of nitrogens with one attached hydrogen (secondary N) is 1. The predicted molar refractivity (Wildman–Crippen MR) is 59.0 cm³/mol. The Morgan fingerprint density at radius 3 is 2.47 bits per heavy atom. The average Bonchev–Trinajstić information content (AvgIpc) is 2.57. The van der Waals surface area contributed by atoms with Gasteiger partial charge >= 0.3 is 6.09 Å². The maximum Gasteiger partial charge on any atom is 0.411 e. The topological polar surface area (TPSA) is 103 Å². The van der Waals surface area contributed by atoms with Crippen LogP contribution in [0.15, 0.2) is 22.6 Å². The van der Waals surface area contributed by atoms with Crippen molar-refractivity contribution in [2.75, 3.05) is 5.32 Å². The van der Waals surface area contributed by atoms with E-state index in [9.17, 15) is 23.8 Å². The van der Waals surface area contributed by atoms with E-state index in [1.165, 1.54) is 0 Å². The number of aromatic hydroxyl groups is 2. The second kappa shape index (κ2) is 4.48. The number of benzene rings is 1. The van der Waals surface area contributed by atoms with Crippen molar-refractivity contribution in [1.82, 2.24) is 0 Å². The molecule has 1 heterocycles. The molecule has 0 radical (unpaired) electrons. The monoisotopic (exact) mass is 271 g/mol. The summed E-state index contributed by atoms with van der Waals surface area (Å²) in [7, 11) is 0. The van der Waals surface area contributed by atoms with Gasteiger partial charge in [-0.15, -0.1) is 0 Å². The number of rotatable bonds is 2. The van der Waals surface area contributed by atoms with Gasteiger partial charge in [0, 0.05) is 6.07 Å². The molecule has 0 aliphatic carbocycles. The minimum absolute atomic E-state index is 0.326. The summed E-state index contributed by atoms with van der Waals surface area (Å²) in [6.07, 6.45) is -1.55. The molecule has 2 rings (SSSR count). The molecule has 0 unspecified atom stereocenters. The Kier molecular flexibility index (Phi) is 2.99. The molecule has 0 atom stereocenters. The molecule has 2 aromatic rings. The summed E-state index contributed by atoms with van der Waals surface area (Å²) in [6, 6.07) is 2.45. The van der Waals surface area contributed by atoms with Crippen LogP contribution in [0, 0.1) is 11.6 Å². The van der Waals surface area contributed by atoms with Gasteiger partial charge in [0.15, 0.2) is 5.76 Å². The highest BCUT2D eigenvalue weighted by molar-refractivity contribution is 5.86. The highest BCUT2D eigenvalue weighted by Gasteiger charge is 2.24. The highest BCUT2D eigenvalue weighted by Crippen LogP contribution is 2.45. The minimum atomic E-state index is -1.55. The summed E-state index contributed by atoms with van der Waals surface area (Å²) in [6.45, 7) is 0. The van der Waals surface area contributed by atoms with E-state index in [-0.39, 0.29) is 5.56 Å². The van der Waals surface area contributed by atoms with Crippen LogP contribution >= 0.6 is 0 Å².